The van der Waals surface area contributed by atoms with Crippen LogP contribution in [0.1, 0.15) is 38.7 Å². The Morgan fingerprint density at radius 3 is 2.85 bits per heavy atom. The fraction of sp³-hybridized carbons (Fsp3) is 0.529. The molecule has 1 aromatic heterocycles. The standard InChI is InChI=1S/C17H23NO2/c1-3-18-16(13-5-4-6-13)17(2,19)14-8-7-12-9-10-20-15(12)11-14/h7-11,13,16,18-19H,3-6H2,1-2H3. The smallest absolute Gasteiger partial charge is 0.134 e. The number of benzene rings is 1. The molecule has 1 aliphatic carbocycles. The van der Waals surface area contributed by atoms with Crippen LogP contribution in [0.3, 0.4) is 0 Å². The second kappa shape index (κ2) is 5.23. The van der Waals surface area contributed by atoms with Gasteiger partial charge in [0.25, 0.3) is 0 Å². The van der Waals surface area contributed by atoms with Gasteiger partial charge in [0.15, 0.2) is 0 Å². The minimum absolute atomic E-state index is 0.105. The highest BCUT2D eigenvalue weighted by Gasteiger charge is 2.40. The van der Waals surface area contributed by atoms with Crippen LogP contribution in [0, 0.1) is 5.92 Å². The second-order valence-electron chi connectivity index (χ2n) is 6.05. The molecule has 0 aliphatic heterocycles. The van der Waals surface area contributed by atoms with Crippen molar-refractivity contribution in [2.45, 2.75) is 44.8 Å². The lowest BCUT2D eigenvalue weighted by atomic mass is 9.71. The number of likely N-dealkylation sites (N-methyl/N-ethyl adjacent to an activating group) is 1. The lowest BCUT2D eigenvalue weighted by Crippen LogP contribution is -2.53. The molecule has 0 saturated heterocycles. The summed E-state index contributed by atoms with van der Waals surface area (Å²) in [7, 11) is 0. The van der Waals surface area contributed by atoms with Crippen LogP contribution in [-0.4, -0.2) is 17.7 Å². The highest BCUT2D eigenvalue weighted by molar-refractivity contribution is 5.77. The van der Waals surface area contributed by atoms with Crippen molar-refractivity contribution in [3.63, 3.8) is 0 Å². The van der Waals surface area contributed by atoms with E-state index >= 15 is 0 Å². The Morgan fingerprint density at radius 1 is 1.40 bits per heavy atom. The zero-order valence-electron chi connectivity index (χ0n) is 12.2. The number of furan rings is 1. The first kappa shape index (κ1) is 13.7. The normalized spacial score (nSPS) is 20.6. The van der Waals surface area contributed by atoms with Gasteiger partial charge in [-0.3, -0.25) is 0 Å². The van der Waals surface area contributed by atoms with E-state index in [1.54, 1.807) is 6.26 Å². The Balaban J connectivity index is 1.94. The summed E-state index contributed by atoms with van der Waals surface area (Å²) in [5.74, 6) is 0.567. The topological polar surface area (TPSA) is 45.4 Å². The molecule has 0 bridgehead atoms. The molecule has 0 radical (unpaired) electrons. The molecule has 2 unspecified atom stereocenters. The quantitative estimate of drug-likeness (QED) is 0.877. The van der Waals surface area contributed by atoms with Crippen LogP contribution in [0.25, 0.3) is 11.0 Å². The molecule has 0 spiro atoms. The molecule has 2 atom stereocenters. The van der Waals surface area contributed by atoms with Crippen molar-refractivity contribution in [3.8, 4) is 0 Å². The fourth-order valence-electron chi connectivity index (χ4n) is 3.27. The third kappa shape index (κ3) is 2.25. The molecule has 1 heterocycles. The average Bonchev–Trinajstić information content (AvgIpc) is 2.83. The van der Waals surface area contributed by atoms with Gasteiger partial charge in [0.2, 0.25) is 0 Å². The van der Waals surface area contributed by atoms with Gasteiger partial charge in [0, 0.05) is 11.4 Å². The highest BCUT2D eigenvalue weighted by Crippen LogP contribution is 2.39. The van der Waals surface area contributed by atoms with Crippen LogP contribution in [0.5, 0.6) is 0 Å². The molecule has 1 fully saturated rings. The van der Waals surface area contributed by atoms with Crippen LogP contribution in [0.2, 0.25) is 0 Å². The monoisotopic (exact) mass is 273 g/mol. The van der Waals surface area contributed by atoms with E-state index < -0.39 is 5.60 Å². The van der Waals surface area contributed by atoms with Crippen molar-refractivity contribution < 1.29 is 9.52 Å². The Bertz CT molecular complexity index is 583. The Labute approximate surface area is 120 Å². The van der Waals surface area contributed by atoms with E-state index in [2.05, 4.69) is 12.2 Å². The van der Waals surface area contributed by atoms with E-state index in [4.69, 9.17) is 4.42 Å². The lowest BCUT2D eigenvalue weighted by Gasteiger charge is -2.43. The maximum absolute atomic E-state index is 11.1. The van der Waals surface area contributed by atoms with Gasteiger partial charge in [-0.1, -0.05) is 25.5 Å². The van der Waals surface area contributed by atoms with Crippen LogP contribution >= 0.6 is 0 Å². The van der Waals surface area contributed by atoms with Gasteiger partial charge >= 0.3 is 0 Å². The van der Waals surface area contributed by atoms with Crippen LogP contribution < -0.4 is 5.32 Å². The minimum atomic E-state index is -0.873. The molecule has 1 aromatic carbocycles. The Hall–Kier alpha value is -1.32. The molecular formula is C17H23NO2. The van der Waals surface area contributed by atoms with Gasteiger partial charge in [-0.05, 0) is 49.9 Å². The number of fused-ring (bicyclic) bond motifs is 1. The summed E-state index contributed by atoms with van der Waals surface area (Å²) in [6.07, 6.45) is 5.38. The second-order valence-corrected chi connectivity index (χ2v) is 6.05. The Morgan fingerprint density at radius 2 is 2.20 bits per heavy atom. The first-order valence-corrected chi connectivity index (χ1v) is 7.56. The van der Waals surface area contributed by atoms with Crippen molar-refractivity contribution >= 4 is 11.0 Å². The predicted octanol–water partition coefficient (Wildman–Crippen LogP) is 3.42. The number of rotatable bonds is 5. The maximum Gasteiger partial charge on any atom is 0.134 e. The van der Waals surface area contributed by atoms with Gasteiger partial charge in [0.1, 0.15) is 11.2 Å². The van der Waals surface area contributed by atoms with Gasteiger partial charge in [0.05, 0.1) is 6.26 Å². The van der Waals surface area contributed by atoms with E-state index in [1.165, 1.54) is 19.3 Å². The molecule has 3 nitrogen and oxygen atoms in total. The van der Waals surface area contributed by atoms with Crippen LogP contribution in [0.4, 0.5) is 0 Å². The first-order chi connectivity index (χ1) is 9.63. The molecule has 3 rings (SSSR count). The van der Waals surface area contributed by atoms with Crippen LogP contribution in [0.15, 0.2) is 34.9 Å². The van der Waals surface area contributed by atoms with E-state index in [1.807, 2.05) is 31.2 Å². The van der Waals surface area contributed by atoms with E-state index in [0.29, 0.717) is 5.92 Å². The van der Waals surface area contributed by atoms with Gasteiger partial charge in [-0.2, -0.15) is 0 Å². The number of hydrogen-bond donors (Lipinski definition) is 2. The third-order valence-electron chi connectivity index (χ3n) is 4.69. The number of aliphatic hydroxyl groups is 1. The zero-order valence-corrected chi connectivity index (χ0v) is 12.2. The summed E-state index contributed by atoms with van der Waals surface area (Å²) in [5, 5.41) is 15.7. The predicted molar refractivity (Wildman–Crippen MR) is 80.6 cm³/mol. The SMILES string of the molecule is CCNC(C1CCC1)C(C)(O)c1ccc2ccoc2c1. The summed E-state index contributed by atoms with van der Waals surface area (Å²) in [6, 6.07) is 8.06. The van der Waals surface area contributed by atoms with Crippen molar-refractivity contribution in [1.29, 1.82) is 0 Å². The maximum atomic E-state index is 11.1. The molecular weight excluding hydrogens is 250 g/mol. The summed E-state index contributed by atoms with van der Waals surface area (Å²) < 4.78 is 5.46. The van der Waals surface area contributed by atoms with Gasteiger partial charge < -0.3 is 14.8 Å². The van der Waals surface area contributed by atoms with Crippen molar-refractivity contribution in [1.82, 2.24) is 5.32 Å². The Kier molecular flexibility index (Phi) is 3.57. The summed E-state index contributed by atoms with van der Waals surface area (Å²) in [4.78, 5) is 0. The van der Waals surface area contributed by atoms with Crippen LogP contribution in [-0.2, 0) is 5.60 Å². The van der Waals surface area contributed by atoms with Gasteiger partial charge in [-0.25, -0.2) is 0 Å². The molecule has 2 N–H and O–H groups in total. The summed E-state index contributed by atoms with van der Waals surface area (Å²) in [5.41, 5.74) is 0.895. The molecule has 1 saturated carbocycles. The molecule has 3 heteroatoms. The minimum Gasteiger partial charge on any atom is -0.464 e. The van der Waals surface area contributed by atoms with E-state index in [9.17, 15) is 5.11 Å². The fourth-order valence-corrected chi connectivity index (χ4v) is 3.27. The third-order valence-corrected chi connectivity index (χ3v) is 4.69. The van der Waals surface area contributed by atoms with Crippen molar-refractivity contribution in [2.75, 3.05) is 6.54 Å². The molecule has 0 amide bonds. The van der Waals surface area contributed by atoms with E-state index in [0.717, 1.165) is 23.1 Å². The molecule has 2 aromatic rings. The van der Waals surface area contributed by atoms with Crippen molar-refractivity contribution in [2.24, 2.45) is 5.92 Å². The largest absolute Gasteiger partial charge is 0.464 e. The molecule has 108 valence electrons. The zero-order chi connectivity index (χ0) is 14.2. The average molecular weight is 273 g/mol. The summed E-state index contributed by atoms with van der Waals surface area (Å²) in [6.45, 7) is 4.89. The first-order valence-electron chi connectivity index (χ1n) is 7.56. The molecule has 1 aliphatic rings. The lowest BCUT2D eigenvalue weighted by molar-refractivity contribution is -0.0222. The van der Waals surface area contributed by atoms with Gasteiger partial charge in [-0.15, -0.1) is 0 Å². The number of nitrogens with one attached hydrogen (secondary N) is 1. The highest BCUT2D eigenvalue weighted by atomic mass is 16.3. The van der Waals surface area contributed by atoms with E-state index in [-0.39, 0.29) is 6.04 Å². The van der Waals surface area contributed by atoms with Crippen molar-refractivity contribution in [3.05, 3.63) is 36.1 Å². The molecule has 20 heavy (non-hydrogen) atoms. The summed E-state index contributed by atoms with van der Waals surface area (Å²) >= 11 is 0. The number of hydrogen-bond acceptors (Lipinski definition) is 3.